The molecule has 0 radical (unpaired) electrons. The maximum absolute atomic E-state index is 12.1. The second-order valence-electron chi connectivity index (χ2n) is 5.75. The fourth-order valence-corrected chi connectivity index (χ4v) is 2.29. The van der Waals surface area contributed by atoms with E-state index in [1.165, 1.54) is 12.8 Å². The summed E-state index contributed by atoms with van der Waals surface area (Å²) in [6.07, 6.45) is 2.57. The van der Waals surface area contributed by atoms with Crippen LogP contribution in [0.5, 0.6) is 0 Å². The zero-order valence-electron chi connectivity index (χ0n) is 12.0. The molecule has 0 atom stereocenters. The molecule has 1 amide bonds. The van der Waals surface area contributed by atoms with E-state index in [1.807, 2.05) is 0 Å². The third kappa shape index (κ3) is 4.39. The molecule has 4 nitrogen and oxygen atoms in total. The summed E-state index contributed by atoms with van der Waals surface area (Å²) in [4.78, 5) is 14.3. The van der Waals surface area contributed by atoms with E-state index in [0.29, 0.717) is 29.0 Å². The number of hydrogen-bond donors (Lipinski definition) is 2. The van der Waals surface area contributed by atoms with Gasteiger partial charge in [-0.05, 0) is 50.8 Å². The molecule has 0 saturated heterocycles. The number of halogens is 1. The van der Waals surface area contributed by atoms with Gasteiger partial charge in [-0.1, -0.05) is 11.6 Å². The van der Waals surface area contributed by atoms with E-state index in [1.54, 1.807) is 18.2 Å². The summed E-state index contributed by atoms with van der Waals surface area (Å²) in [6, 6.07) is 5.46. The third-order valence-corrected chi connectivity index (χ3v) is 3.79. The van der Waals surface area contributed by atoms with Crippen LogP contribution in [-0.4, -0.2) is 29.9 Å². The van der Waals surface area contributed by atoms with Gasteiger partial charge in [0.15, 0.2) is 0 Å². The minimum absolute atomic E-state index is 0.0339. The number of nitrogen functional groups attached to an aromatic ring is 1. The van der Waals surface area contributed by atoms with Crippen LogP contribution in [0.1, 0.15) is 26.7 Å². The fourth-order valence-electron chi connectivity index (χ4n) is 2.11. The highest BCUT2D eigenvalue weighted by atomic mass is 35.5. The Morgan fingerprint density at radius 1 is 1.50 bits per heavy atom. The minimum atomic E-state index is -0.0339. The van der Waals surface area contributed by atoms with Crippen LogP contribution in [0, 0.1) is 5.92 Å². The van der Waals surface area contributed by atoms with Crippen LogP contribution < -0.4 is 11.1 Å². The number of carbonyl (C=O) groups excluding carboxylic acids is 1. The van der Waals surface area contributed by atoms with Gasteiger partial charge in [0, 0.05) is 17.6 Å². The molecule has 1 aromatic rings. The van der Waals surface area contributed by atoms with Crippen molar-refractivity contribution in [2.24, 2.45) is 5.92 Å². The van der Waals surface area contributed by atoms with E-state index in [9.17, 15) is 4.79 Å². The Hall–Kier alpha value is -1.26. The highest BCUT2D eigenvalue weighted by Gasteiger charge is 2.26. The first-order valence-corrected chi connectivity index (χ1v) is 7.42. The highest BCUT2D eigenvalue weighted by Crippen LogP contribution is 2.30. The Morgan fingerprint density at radius 3 is 2.75 bits per heavy atom. The molecule has 1 fully saturated rings. The fraction of sp³-hybridized carbons (Fsp3) is 0.533. The van der Waals surface area contributed by atoms with Crippen molar-refractivity contribution in [1.29, 1.82) is 0 Å². The van der Waals surface area contributed by atoms with Crippen LogP contribution >= 0.6 is 11.6 Å². The largest absolute Gasteiger partial charge is 0.397 e. The molecular formula is C15H22ClN3O. The van der Waals surface area contributed by atoms with Gasteiger partial charge >= 0.3 is 0 Å². The van der Waals surface area contributed by atoms with Gasteiger partial charge in [-0.25, -0.2) is 0 Å². The molecule has 1 aromatic carbocycles. The Kier molecular flexibility index (Phi) is 4.89. The second-order valence-corrected chi connectivity index (χ2v) is 6.18. The number of nitrogens with one attached hydrogen (secondary N) is 1. The van der Waals surface area contributed by atoms with Crippen LogP contribution in [0.15, 0.2) is 18.2 Å². The van der Waals surface area contributed by atoms with E-state index < -0.39 is 0 Å². The van der Waals surface area contributed by atoms with Crippen LogP contribution in [0.4, 0.5) is 11.4 Å². The van der Waals surface area contributed by atoms with Crippen molar-refractivity contribution in [2.75, 3.05) is 24.1 Å². The number of amides is 1. The number of rotatable bonds is 6. The van der Waals surface area contributed by atoms with E-state index in [4.69, 9.17) is 17.3 Å². The van der Waals surface area contributed by atoms with Gasteiger partial charge in [0.1, 0.15) is 0 Å². The lowest BCUT2D eigenvalue weighted by atomic mass is 10.2. The van der Waals surface area contributed by atoms with Crippen LogP contribution in [0.25, 0.3) is 0 Å². The molecule has 0 aromatic heterocycles. The summed E-state index contributed by atoms with van der Waals surface area (Å²) in [5.41, 5.74) is 6.95. The Morgan fingerprint density at radius 2 is 2.20 bits per heavy atom. The number of benzene rings is 1. The molecular weight excluding hydrogens is 274 g/mol. The van der Waals surface area contributed by atoms with Crippen molar-refractivity contribution in [3.63, 3.8) is 0 Å². The SMILES string of the molecule is CC(C)N(CC(=O)Nc1ccc(Cl)cc1N)CC1CC1. The molecule has 0 bridgehead atoms. The van der Waals surface area contributed by atoms with Gasteiger partial charge in [-0.15, -0.1) is 0 Å². The summed E-state index contributed by atoms with van der Waals surface area (Å²) in [7, 11) is 0. The molecule has 0 spiro atoms. The van der Waals surface area contributed by atoms with Crippen molar-refractivity contribution >= 4 is 28.9 Å². The number of carbonyl (C=O) groups is 1. The van der Waals surface area contributed by atoms with Crippen molar-refractivity contribution < 1.29 is 4.79 Å². The van der Waals surface area contributed by atoms with Crippen molar-refractivity contribution in [1.82, 2.24) is 4.90 Å². The summed E-state index contributed by atoms with van der Waals surface area (Å²) in [6.45, 7) is 5.63. The second kappa shape index (κ2) is 6.46. The maximum atomic E-state index is 12.1. The average Bonchev–Trinajstić information content (AvgIpc) is 3.16. The lowest BCUT2D eigenvalue weighted by molar-refractivity contribution is -0.117. The highest BCUT2D eigenvalue weighted by molar-refractivity contribution is 6.31. The normalized spacial score (nSPS) is 14.8. The molecule has 110 valence electrons. The molecule has 0 aliphatic heterocycles. The number of nitrogens with zero attached hydrogens (tertiary/aromatic N) is 1. The Labute approximate surface area is 125 Å². The molecule has 20 heavy (non-hydrogen) atoms. The van der Waals surface area contributed by atoms with Crippen molar-refractivity contribution in [3.8, 4) is 0 Å². The van der Waals surface area contributed by atoms with Crippen LogP contribution in [0.3, 0.4) is 0 Å². The van der Waals surface area contributed by atoms with Gasteiger partial charge in [-0.2, -0.15) is 0 Å². The summed E-state index contributed by atoms with van der Waals surface area (Å²) in [5, 5.41) is 3.42. The Bertz CT molecular complexity index is 486. The van der Waals surface area contributed by atoms with E-state index in [-0.39, 0.29) is 5.91 Å². The molecule has 1 saturated carbocycles. The van der Waals surface area contributed by atoms with Gasteiger partial charge in [0.25, 0.3) is 0 Å². The minimum Gasteiger partial charge on any atom is -0.397 e. The lowest BCUT2D eigenvalue weighted by Gasteiger charge is -2.25. The third-order valence-electron chi connectivity index (χ3n) is 3.55. The predicted octanol–water partition coefficient (Wildman–Crippen LogP) is 2.98. The smallest absolute Gasteiger partial charge is 0.238 e. The maximum Gasteiger partial charge on any atom is 0.238 e. The van der Waals surface area contributed by atoms with E-state index in [2.05, 4.69) is 24.1 Å². The average molecular weight is 296 g/mol. The summed E-state index contributed by atoms with van der Waals surface area (Å²) in [5.74, 6) is 0.735. The van der Waals surface area contributed by atoms with Gasteiger partial charge in [0.05, 0.1) is 17.9 Å². The molecule has 5 heteroatoms. The van der Waals surface area contributed by atoms with Crippen LogP contribution in [-0.2, 0) is 4.79 Å². The van der Waals surface area contributed by atoms with E-state index in [0.717, 1.165) is 12.5 Å². The standard InChI is InChI=1S/C15H22ClN3O/c1-10(2)19(8-11-3-4-11)9-15(20)18-14-6-5-12(16)7-13(14)17/h5-7,10-11H,3-4,8-9,17H2,1-2H3,(H,18,20). The zero-order chi connectivity index (χ0) is 14.7. The number of hydrogen-bond acceptors (Lipinski definition) is 3. The first-order valence-electron chi connectivity index (χ1n) is 7.04. The first-order chi connectivity index (χ1) is 9.45. The van der Waals surface area contributed by atoms with Crippen molar-refractivity contribution in [2.45, 2.75) is 32.7 Å². The quantitative estimate of drug-likeness (QED) is 0.793. The molecule has 2 rings (SSSR count). The molecule has 0 heterocycles. The molecule has 1 aliphatic rings. The van der Waals surface area contributed by atoms with Gasteiger partial charge in [-0.3, -0.25) is 9.69 Å². The topological polar surface area (TPSA) is 58.4 Å². The zero-order valence-corrected chi connectivity index (χ0v) is 12.8. The van der Waals surface area contributed by atoms with E-state index >= 15 is 0 Å². The van der Waals surface area contributed by atoms with Gasteiger partial charge in [0.2, 0.25) is 5.91 Å². The van der Waals surface area contributed by atoms with Gasteiger partial charge < -0.3 is 11.1 Å². The van der Waals surface area contributed by atoms with Crippen molar-refractivity contribution in [3.05, 3.63) is 23.2 Å². The first kappa shape index (κ1) is 15.1. The summed E-state index contributed by atoms with van der Waals surface area (Å²) < 4.78 is 0. The number of nitrogens with two attached hydrogens (primary N) is 1. The molecule has 1 aliphatic carbocycles. The number of anilines is 2. The predicted molar refractivity (Wildman–Crippen MR) is 83.9 cm³/mol. The molecule has 3 N–H and O–H groups in total. The molecule has 0 unspecified atom stereocenters. The van der Waals surface area contributed by atoms with Crippen LogP contribution in [0.2, 0.25) is 5.02 Å². The summed E-state index contributed by atoms with van der Waals surface area (Å²) >= 11 is 5.84. The monoisotopic (exact) mass is 295 g/mol. The lowest BCUT2D eigenvalue weighted by Crippen LogP contribution is -2.39. The Balaban J connectivity index is 1.92.